The van der Waals surface area contributed by atoms with E-state index < -0.39 is 0 Å². The topological polar surface area (TPSA) is 61.0 Å². The van der Waals surface area contributed by atoms with Crippen molar-refractivity contribution >= 4 is 5.69 Å². The van der Waals surface area contributed by atoms with Crippen LogP contribution in [0.1, 0.15) is 12.5 Å². The summed E-state index contributed by atoms with van der Waals surface area (Å²) in [6, 6.07) is 5.85. The lowest BCUT2D eigenvalue weighted by Gasteiger charge is -2.08. The molecule has 0 amide bonds. The summed E-state index contributed by atoms with van der Waals surface area (Å²) in [7, 11) is 1.59. The number of hydrogen-bond donors (Lipinski definition) is 1. The summed E-state index contributed by atoms with van der Waals surface area (Å²) >= 11 is 0. The molecule has 0 saturated heterocycles. The van der Waals surface area contributed by atoms with Gasteiger partial charge in [0.25, 0.3) is 0 Å². The van der Waals surface area contributed by atoms with E-state index in [9.17, 15) is 0 Å². The van der Waals surface area contributed by atoms with Gasteiger partial charge in [0.2, 0.25) is 5.88 Å². The molecule has 17 heavy (non-hydrogen) atoms. The van der Waals surface area contributed by atoms with Crippen molar-refractivity contribution in [3.63, 3.8) is 0 Å². The number of aryl methyl sites for hydroxylation is 1. The van der Waals surface area contributed by atoms with Gasteiger partial charge in [-0.1, -0.05) is 13.0 Å². The van der Waals surface area contributed by atoms with E-state index in [2.05, 4.69) is 16.9 Å². The number of ether oxygens (including phenoxy) is 1. The number of nitrogens with two attached hydrogens (primary N) is 1. The number of benzene rings is 1. The minimum absolute atomic E-state index is 0.527. The second-order valence-electron chi connectivity index (χ2n) is 3.68. The standard InChI is InChI=1S/C13H15N3O/c1-3-9-8-10(4-5-11(9)14)12-13(17-2)16-7-6-15-12/h4-8H,3,14H2,1-2H3. The molecule has 4 nitrogen and oxygen atoms in total. The highest BCUT2D eigenvalue weighted by Crippen LogP contribution is 2.27. The summed E-state index contributed by atoms with van der Waals surface area (Å²) in [6.45, 7) is 2.07. The minimum Gasteiger partial charge on any atom is -0.479 e. The van der Waals surface area contributed by atoms with Gasteiger partial charge in [0.1, 0.15) is 5.69 Å². The molecule has 0 aliphatic carbocycles. The molecule has 0 unspecified atom stereocenters. The van der Waals surface area contributed by atoms with Crippen molar-refractivity contribution in [2.75, 3.05) is 12.8 Å². The molecule has 0 aliphatic heterocycles. The lowest BCUT2D eigenvalue weighted by Crippen LogP contribution is -1.97. The summed E-state index contributed by atoms with van der Waals surface area (Å²) < 4.78 is 5.20. The van der Waals surface area contributed by atoms with Crippen molar-refractivity contribution in [2.45, 2.75) is 13.3 Å². The zero-order valence-electron chi connectivity index (χ0n) is 9.97. The molecule has 1 aromatic heterocycles. The van der Waals surface area contributed by atoms with E-state index in [0.29, 0.717) is 5.88 Å². The minimum atomic E-state index is 0.527. The molecule has 0 atom stereocenters. The number of aromatic nitrogens is 2. The molecule has 0 fully saturated rings. The van der Waals surface area contributed by atoms with E-state index in [4.69, 9.17) is 10.5 Å². The van der Waals surface area contributed by atoms with Gasteiger partial charge in [0.15, 0.2) is 0 Å². The molecule has 4 heteroatoms. The Kier molecular flexibility index (Phi) is 3.23. The molecule has 0 radical (unpaired) electrons. The van der Waals surface area contributed by atoms with Gasteiger partial charge in [-0.3, -0.25) is 0 Å². The normalized spacial score (nSPS) is 10.2. The predicted molar refractivity (Wildman–Crippen MR) is 67.8 cm³/mol. The predicted octanol–water partition coefficient (Wildman–Crippen LogP) is 2.30. The molecular weight excluding hydrogens is 214 g/mol. The second kappa shape index (κ2) is 4.82. The fourth-order valence-electron chi connectivity index (χ4n) is 1.73. The van der Waals surface area contributed by atoms with E-state index in [1.807, 2.05) is 18.2 Å². The molecule has 0 bridgehead atoms. The van der Waals surface area contributed by atoms with Gasteiger partial charge in [-0.05, 0) is 24.1 Å². The van der Waals surface area contributed by atoms with Crippen LogP contribution in [0.4, 0.5) is 5.69 Å². The first kappa shape index (κ1) is 11.4. The first-order chi connectivity index (χ1) is 8.26. The number of rotatable bonds is 3. The Hall–Kier alpha value is -2.10. The van der Waals surface area contributed by atoms with Gasteiger partial charge in [-0.2, -0.15) is 0 Å². The molecule has 2 N–H and O–H groups in total. The van der Waals surface area contributed by atoms with E-state index in [-0.39, 0.29) is 0 Å². The van der Waals surface area contributed by atoms with Crippen molar-refractivity contribution in [2.24, 2.45) is 0 Å². The molecular formula is C13H15N3O. The Morgan fingerprint density at radius 3 is 2.71 bits per heavy atom. The summed E-state index contributed by atoms with van der Waals surface area (Å²) in [6.07, 6.45) is 4.16. The van der Waals surface area contributed by atoms with Crippen LogP contribution in [-0.2, 0) is 6.42 Å². The summed E-state index contributed by atoms with van der Waals surface area (Å²) in [5.41, 5.74) is 9.51. The van der Waals surface area contributed by atoms with Crippen molar-refractivity contribution in [3.8, 4) is 17.1 Å². The van der Waals surface area contributed by atoms with Crippen molar-refractivity contribution in [3.05, 3.63) is 36.2 Å². The van der Waals surface area contributed by atoms with Crippen LogP contribution in [0.25, 0.3) is 11.3 Å². The van der Waals surface area contributed by atoms with Crippen LogP contribution in [0.3, 0.4) is 0 Å². The molecule has 2 rings (SSSR count). The highest BCUT2D eigenvalue weighted by Gasteiger charge is 2.09. The number of anilines is 1. The molecule has 1 heterocycles. The van der Waals surface area contributed by atoms with Gasteiger partial charge in [0, 0.05) is 23.6 Å². The smallest absolute Gasteiger partial charge is 0.240 e. The van der Waals surface area contributed by atoms with Crippen LogP contribution >= 0.6 is 0 Å². The maximum absolute atomic E-state index is 5.88. The van der Waals surface area contributed by atoms with Gasteiger partial charge in [-0.25, -0.2) is 9.97 Å². The maximum Gasteiger partial charge on any atom is 0.240 e. The largest absolute Gasteiger partial charge is 0.479 e. The second-order valence-corrected chi connectivity index (χ2v) is 3.68. The van der Waals surface area contributed by atoms with E-state index in [0.717, 1.165) is 28.9 Å². The fourth-order valence-corrected chi connectivity index (χ4v) is 1.73. The van der Waals surface area contributed by atoms with Gasteiger partial charge < -0.3 is 10.5 Å². The molecule has 2 aromatic rings. The highest BCUT2D eigenvalue weighted by molar-refractivity contribution is 5.68. The fraction of sp³-hybridized carbons (Fsp3) is 0.231. The van der Waals surface area contributed by atoms with Crippen molar-refractivity contribution < 1.29 is 4.74 Å². The third kappa shape index (κ3) is 2.20. The van der Waals surface area contributed by atoms with Crippen LogP contribution in [0, 0.1) is 0 Å². The van der Waals surface area contributed by atoms with Crippen LogP contribution in [-0.4, -0.2) is 17.1 Å². The lowest BCUT2D eigenvalue weighted by atomic mass is 10.0. The summed E-state index contributed by atoms with van der Waals surface area (Å²) in [5.74, 6) is 0.527. The lowest BCUT2D eigenvalue weighted by molar-refractivity contribution is 0.398. The maximum atomic E-state index is 5.88. The van der Waals surface area contributed by atoms with Gasteiger partial charge in [-0.15, -0.1) is 0 Å². The van der Waals surface area contributed by atoms with E-state index >= 15 is 0 Å². The third-order valence-corrected chi connectivity index (χ3v) is 2.66. The quantitative estimate of drug-likeness (QED) is 0.820. The Bertz CT molecular complexity index is 526. The average Bonchev–Trinajstić information content (AvgIpc) is 2.39. The van der Waals surface area contributed by atoms with E-state index in [1.54, 1.807) is 19.5 Å². The zero-order valence-corrected chi connectivity index (χ0v) is 9.97. The highest BCUT2D eigenvalue weighted by atomic mass is 16.5. The average molecular weight is 229 g/mol. The Balaban J connectivity index is 2.53. The molecule has 0 spiro atoms. The van der Waals surface area contributed by atoms with Crippen molar-refractivity contribution in [1.29, 1.82) is 0 Å². The SMILES string of the molecule is CCc1cc(-c2nccnc2OC)ccc1N. The number of methoxy groups -OCH3 is 1. The first-order valence-electron chi connectivity index (χ1n) is 5.50. The van der Waals surface area contributed by atoms with Crippen LogP contribution in [0.2, 0.25) is 0 Å². The Morgan fingerprint density at radius 2 is 2.00 bits per heavy atom. The number of nitrogens with zero attached hydrogens (tertiary/aromatic N) is 2. The molecule has 88 valence electrons. The first-order valence-corrected chi connectivity index (χ1v) is 5.50. The monoisotopic (exact) mass is 229 g/mol. The number of nitrogen functional groups attached to an aromatic ring is 1. The number of hydrogen-bond acceptors (Lipinski definition) is 4. The van der Waals surface area contributed by atoms with Crippen molar-refractivity contribution in [1.82, 2.24) is 9.97 Å². The van der Waals surface area contributed by atoms with Gasteiger partial charge >= 0.3 is 0 Å². The van der Waals surface area contributed by atoms with Crippen LogP contribution in [0.5, 0.6) is 5.88 Å². The van der Waals surface area contributed by atoms with Crippen LogP contribution < -0.4 is 10.5 Å². The Morgan fingerprint density at radius 1 is 1.24 bits per heavy atom. The van der Waals surface area contributed by atoms with Gasteiger partial charge in [0.05, 0.1) is 7.11 Å². The van der Waals surface area contributed by atoms with E-state index in [1.165, 1.54) is 0 Å². The Labute approximate surface area is 100 Å². The molecule has 0 aliphatic rings. The summed E-state index contributed by atoms with van der Waals surface area (Å²) in [5, 5.41) is 0. The summed E-state index contributed by atoms with van der Waals surface area (Å²) in [4.78, 5) is 8.43. The molecule has 1 aromatic carbocycles. The zero-order chi connectivity index (χ0) is 12.3. The molecule has 0 saturated carbocycles. The van der Waals surface area contributed by atoms with Crippen LogP contribution in [0.15, 0.2) is 30.6 Å². The third-order valence-electron chi connectivity index (χ3n) is 2.66.